The molecular weight excluding hydrogens is 376 g/mol. The number of fused-ring (bicyclic) bond motifs is 2. The van der Waals surface area contributed by atoms with E-state index in [4.69, 9.17) is 16.3 Å². The van der Waals surface area contributed by atoms with Crippen LogP contribution in [0.1, 0.15) is 21.5 Å². The van der Waals surface area contributed by atoms with Crippen molar-refractivity contribution in [1.82, 2.24) is 0 Å². The van der Waals surface area contributed by atoms with Gasteiger partial charge in [-0.25, -0.2) is 0 Å². The van der Waals surface area contributed by atoms with Crippen molar-refractivity contribution in [3.63, 3.8) is 0 Å². The van der Waals surface area contributed by atoms with Crippen molar-refractivity contribution in [2.24, 2.45) is 0 Å². The Kier molecular flexibility index (Phi) is 4.75. The molecule has 0 unspecified atom stereocenters. The maximum Gasteiger partial charge on any atom is 0.259 e. The highest BCUT2D eigenvalue weighted by Crippen LogP contribution is 2.37. The minimum Gasteiger partial charge on any atom is -0.454 e. The Balaban J connectivity index is 1.53. The zero-order chi connectivity index (χ0) is 19.7. The molecule has 28 heavy (non-hydrogen) atoms. The van der Waals surface area contributed by atoms with Gasteiger partial charge in [0.15, 0.2) is 5.75 Å². The first-order valence-electron chi connectivity index (χ1n) is 8.76. The number of hydrogen-bond donors (Lipinski definition) is 2. The molecule has 0 spiro atoms. The summed E-state index contributed by atoms with van der Waals surface area (Å²) in [5.74, 6) is 0.553. The fraction of sp³-hybridized carbons (Fsp3) is 0.0909. The lowest BCUT2D eigenvalue weighted by molar-refractivity contribution is -0.115. The van der Waals surface area contributed by atoms with E-state index >= 15 is 0 Å². The molecule has 1 heterocycles. The number of rotatable bonds is 3. The molecule has 0 radical (unpaired) electrons. The van der Waals surface area contributed by atoms with Crippen LogP contribution in [0.15, 0.2) is 60.7 Å². The normalized spacial score (nSPS) is 12.1. The zero-order valence-corrected chi connectivity index (χ0v) is 15.8. The molecule has 3 aromatic rings. The van der Waals surface area contributed by atoms with Crippen molar-refractivity contribution in [1.29, 1.82) is 0 Å². The number of carbonyl (C=O) groups is 2. The maximum absolute atomic E-state index is 12.6. The van der Waals surface area contributed by atoms with Gasteiger partial charge >= 0.3 is 0 Å². The van der Waals surface area contributed by atoms with Crippen LogP contribution in [0.5, 0.6) is 11.5 Å². The maximum atomic E-state index is 12.6. The van der Waals surface area contributed by atoms with Crippen LogP contribution in [-0.4, -0.2) is 11.8 Å². The lowest BCUT2D eigenvalue weighted by atomic mass is 10.1. The summed E-state index contributed by atoms with van der Waals surface area (Å²) < 4.78 is 5.89. The average Bonchev–Trinajstić information content (AvgIpc) is 2.79. The van der Waals surface area contributed by atoms with E-state index in [9.17, 15) is 9.59 Å². The summed E-state index contributed by atoms with van der Waals surface area (Å²) in [6, 6.07) is 17.7. The Hall–Kier alpha value is -3.31. The second-order valence-corrected chi connectivity index (χ2v) is 7.05. The molecule has 140 valence electrons. The number of benzene rings is 3. The van der Waals surface area contributed by atoms with Crippen LogP contribution < -0.4 is 15.4 Å². The molecule has 0 saturated heterocycles. The standard InChI is InChI=1S/C22H17ClN2O3/c1-13-2-8-20-18(10-13)25-22(27)17-12-16(7-9-19(17)28-20)24-21(26)11-14-3-5-15(23)6-4-14/h2-10,12H,11H2,1H3,(H,24,26)(H,25,27). The first-order chi connectivity index (χ1) is 13.5. The lowest BCUT2D eigenvalue weighted by Crippen LogP contribution is -2.15. The summed E-state index contributed by atoms with van der Waals surface area (Å²) in [5.41, 5.74) is 3.37. The predicted molar refractivity (Wildman–Crippen MR) is 109 cm³/mol. The second kappa shape index (κ2) is 7.37. The molecular formula is C22H17ClN2O3. The summed E-state index contributed by atoms with van der Waals surface area (Å²) in [4.78, 5) is 24.9. The Bertz CT molecular complexity index is 1080. The molecule has 5 nitrogen and oxygen atoms in total. The van der Waals surface area contributed by atoms with E-state index in [1.165, 1.54) is 0 Å². The first-order valence-corrected chi connectivity index (χ1v) is 9.14. The SMILES string of the molecule is Cc1ccc2c(c1)NC(=O)c1cc(NC(=O)Cc3ccc(Cl)cc3)ccc1O2. The number of ether oxygens (including phenoxy) is 1. The van der Waals surface area contributed by atoms with Crippen molar-refractivity contribution in [3.05, 3.63) is 82.4 Å². The minimum absolute atomic E-state index is 0.184. The van der Waals surface area contributed by atoms with Crippen LogP contribution in [0, 0.1) is 6.92 Å². The van der Waals surface area contributed by atoms with Crippen LogP contribution >= 0.6 is 11.6 Å². The lowest BCUT2D eigenvalue weighted by Gasteiger charge is -2.10. The Morgan fingerprint density at radius 1 is 1.04 bits per heavy atom. The molecule has 1 aliphatic rings. The Labute approximate surface area is 167 Å². The van der Waals surface area contributed by atoms with E-state index < -0.39 is 0 Å². The van der Waals surface area contributed by atoms with E-state index in [1.807, 2.05) is 25.1 Å². The summed E-state index contributed by atoms with van der Waals surface area (Å²) >= 11 is 5.86. The van der Waals surface area contributed by atoms with Gasteiger partial charge in [-0.2, -0.15) is 0 Å². The smallest absolute Gasteiger partial charge is 0.259 e. The van der Waals surface area contributed by atoms with Gasteiger partial charge in [0, 0.05) is 10.7 Å². The molecule has 0 aliphatic carbocycles. The number of hydrogen-bond acceptors (Lipinski definition) is 3. The fourth-order valence-electron chi connectivity index (χ4n) is 3.01. The molecule has 0 bridgehead atoms. The molecule has 0 fully saturated rings. The Morgan fingerprint density at radius 3 is 2.57 bits per heavy atom. The highest BCUT2D eigenvalue weighted by molar-refractivity contribution is 6.30. The quantitative estimate of drug-likeness (QED) is 0.644. The fourth-order valence-corrected chi connectivity index (χ4v) is 3.13. The third kappa shape index (κ3) is 3.85. The van der Waals surface area contributed by atoms with Crippen molar-refractivity contribution in [2.75, 3.05) is 10.6 Å². The van der Waals surface area contributed by atoms with E-state index in [-0.39, 0.29) is 18.2 Å². The number of nitrogens with one attached hydrogen (secondary N) is 2. The zero-order valence-electron chi connectivity index (χ0n) is 15.1. The van der Waals surface area contributed by atoms with E-state index in [1.54, 1.807) is 42.5 Å². The summed E-state index contributed by atoms with van der Waals surface area (Å²) in [7, 11) is 0. The largest absolute Gasteiger partial charge is 0.454 e. The van der Waals surface area contributed by atoms with Gasteiger partial charge in [0.05, 0.1) is 17.7 Å². The highest BCUT2D eigenvalue weighted by Gasteiger charge is 2.21. The van der Waals surface area contributed by atoms with Gasteiger partial charge in [-0.05, 0) is 60.5 Å². The van der Waals surface area contributed by atoms with Crippen molar-refractivity contribution >= 4 is 34.8 Å². The van der Waals surface area contributed by atoms with Crippen molar-refractivity contribution in [2.45, 2.75) is 13.3 Å². The topological polar surface area (TPSA) is 67.4 Å². The molecule has 0 atom stereocenters. The van der Waals surface area contributed by atoms with Crippen LogP contribution in [0.25, 0.3) is 0 Å². The van der Waals surface area contributed by atoms with E-state index in [0.717, 1.165) is 11.1 Å². The third-order valence-corrected chi connectivity index (χ3v) is 4.64. The van der Waals surface area contributed by atoms with Crippen molar-refractivity contribution < 1.29 is 14.3 Å². The van der Waals surface area contributed by atoms with E-state index in [0.29, 0.717) is 33.5 Å². The van der Waals surface area contributed by atoms with Crippen LogP contribution in [0.3, 0.4) is 0 Å². The molecule has 2 amide bonds. The van der Waals surface area contributed by atoms with Crippen LogP contribution in [0.4, 0.5) is 11.4 Å². The second-order valence-electron chi connectivity index (χ2n) is 6.62. The summed E-state index contributed by atoms with van der Waals surface area (Å²) in [6.07, 6.45) is 0.210. The third-order valence-electron chi connectivity index (χ3n) is 4.39. The van der Waals surface area contributed by atoms with Crippen LogP contribution in [0.2, 0.25) is 5.02 Å². The molecule has 1 aliphatic heterocycles. The minimum atomic E-state index is -0.284. The monoisotopic (exact) mass is 392 g/mol. The number of amides is 2. The predicted octanol–water partition coefficient (Wildman–Crippen LogP) is 5.19. The average molecular weight is 393 g/mol. The molecule has 0 saturated carbocycles. The molecule has 4 rings (SSSR count). The van der Waals surface area contributed by atoms with Gasteiger partial charge in [-0.3, -0.25) is 9.59 Å². The van der Waals surface area contributed by atoms with Gasteiger partial charge in [0.2, 0.25) is 5.91 Å². The molecule has 3 aromatic carbocycles. The molecule has 6 heteroatoms. The first kappa shape index (κ1) is 18.1. The van der Waals surface area contributed by atoms with Gasteiger partial charge in [-0.15, -0.1) is 0 Å². The molecule has 0 aromatic heterocycles. The van der Waals surface area contributed by atoms with Gasteiger partial charge in [0.1, 0.15) is 5.75 Å². The number of aryl methyl sites for hydroxylation is 1. The summed E-state index contributed by atoms with van der Waals surface area (Å²) in [5, 5.41) is 6.30. The van der Waals surface area contributed by atoms with Gasteiger partial charge < -0.3 is 15.4 Å². The number of carbonyl (C=O) groups excluding carboxylic acids is 2. The van der Waals surface area contributed by atoms with Gasteiger partial charge in [0.25, 0.3) is 5.91 Å². The molecule has 2 N–H and O–H groups in total. The van der Waals surface area contributed by atoms with Gasteiger partial charge in [-0.1, -0.05) is 29.8 Å². The number of anilines is 2. The van der Waals surface area contributed by atoms with Crippen molar-refractivity contribution in [3.8, 4) is 11.5 Å². The highest BCUT2D eigenvalue weighted by atomic mass is 35.5. The van der Waals surface area contributed by atoms with Crippen LogP contribution in [-0.2, 0) is 11.2 Å². The number of halogens is 1. The Morgan fingerprint density at radius 2 is 1.79 bits per heavy atom. The summed E-state index contributed by atoms with van der Waals surface area (Å²) in [6.45, 7) is 1.94. The van der Waals surface area contributed by atoms with E-state index in [2.05, 4.69) is 10.6 Å².